The molecular weight excluding hydrogens is 362 g/mol. The van der Waals surface area contributed by atoms with E-state index in [9.17, 15) is 4.79 Å². The van der Waals surface area contributed by atoms with Gasteiger partial charge in [0.25, 0.3) is 5.91 Å². The number of thioether (sulfide) groups is 1. The van der Waals surface area contributed by atoms with E-state index in [0.717, 1.165) is 14.6 Å². The lowest BCUT2D eigenvalue weighted by atomic mass is 10.3. The van der Waals surface area contributed by atoms with Gasteiger partial charge >= 0.3 is 0 Å². The standard InChI is InChI=1S/C12H12BrN3O2S2/c1-2-19-12-16-15-11(20-12)14-10(17)7-18-9-6-4-3-5-8(9)13/h3-6H,2,7H2,1H3,(H,14,15,17). The smallest absolute Gasteiger partial charge is 0.264 e. The molecule has 0 aliphatic carbocycles. The first kappa shape index (κ1) is 15.3. The fourth-order valence-electron chi connectivity index (χ4n) is 1.30. The summed E-state index contributed by atoms with van der Waals surface area (Å²) in [6.07, 6.45) is 0. The maximum atomic E-state index is 11.7. The van der Waals surface area contributed by atoms with Crippen molar-refractivity contribution in [3.63, 3.8) is 0 Å². The molecule has 5 nitrogen and oxygen atoms in total. The number of hydrogen-bond donors (Lipinski definition) is 1. The molecule has 2 aromatic rings. The van der Waals surface area contributed by atoms with E-state index >= 15 is 0 Å². The number of hydrogen-bond acceptors (Lipinski definition) is 6. The highest BCUT2D eigenvalue weighted by Crippen LogP contribution is 2.25. The molecule has 0 unspecified atom stereocenters. The van der Waals surface area contributed by atoms with Crippen molar-refractivity contribution in [1.29, 1.82) is 0 Å². The van der Waals surface area contributed by atoms with Gasteiger partial charge in [0.2, 0.25) is 5.13 Å². The van der Waals surface area contributed by atoms with Gasteiger partial charge in [0, 0.05) is 0 Å². The van der Waals surface area contributed by atoms with Crippen LogP contribution in [0.1, 0.15) is 6.92 Å². The number of nitrogens with zero attached hydrogens (tertiary/aromatic N) is 2. The zero-order chi connectivity index (χ0) is 14.4. The van der Waals surface area contributed by atoms with Crippen molar-refractivity contribution in [2.45, 2.75) is 11.3 Å². The van der Waals surface area contributed by atoms with Gasteiger partial charge in [0.15, 0.2) is 10.9 Å². The summed E-state index contributed by atoms with van der Waals surface area (Å²) in [5.41, 5.74) is 0. The van der Waals surface area contributed by atoms with Crippen LogP contribution in [0.3, 0.4) is 0 Å². The summed E-state index contributed by atoms with van der Waals surface area (Å²) >= 11 is 6.30. The van der Waals surface area contributed by atoms with Crippen molar-refractivity contribution in [3.8, 4) is 5.75 Å². The second-order valence-electron chi connectivity index (χ2n) is 3.57. The van der Waals surface area contributed by atoms with Crippen LogP contribution in [0.4, 0.5) is 5.13 Å². The normalized spacial score (nSPS) is 10.3. The highest BCUT2D eigenvalue weighted by molar-refractivity contribution is 9.10. The highest BCUT2D eigenvalue weighted by atomic mass is 79.9. The van der Waals surface area contributed by atoms with Gasteiger partial charge < -0.3 is 4.74 Å². The van der Waals surface area contributed by atoms with Crippen LogP contribution in [0.2, 0.25) is 0 Å². The van der Waals surface area contributed by atoms with Crippen molar-refractivity contribution >= 4 is 50.1 Å². The molecule has 0 radical (unpaired) electrons. The third-order valence-electron chi connectivity index (χ3n) is 2.12. The average Bonchev–Trinajstić information content (AvgIpc) is 2.85. The number of benzene rings is 1. The minimum Gasteiger partial charge on any atom is -0.483 e. The van der Waals surface area contributed by atoms with Gasteiger partial charge in [-0.05, 0) is 33.8 Å². The molecule has 1 aromatic heterocycles. The number of para-hydroxylation sites is 1. The number of ether oxygens (including phenoxy) is 1. The Hall–Kier alpha value is -1.12. The molecule has 0 aliphatic rings. The third-order valence-corrected chi connectivity index (χ3v) is 4.63. The summed E-state index contributed by atoms with van der Waals surface area (Å²) in [7, 11) is 0. The van der Waals surface area contributed by atoms with E-state index in [1.807, 2.05) is 25.1 Å². The maximum Gasteiger partial charge on any atom is 0.264 e. The van der Waals surface area contributed by atoms with Crippen molar-refractivity contribution in [1.82, 2.24) is 10.2 Å². The quantitative estimate of drug-likeness (QED) is 0.620. The first-order chi connectivity index (χ1) is 9.69. The molecule has 1 aromatic carbocycles. The summed E-state index contributed by atoms with van der Waals surface area (Å²) in [6.45, 7) is 1.97. The van der Waals surface area contributed by atoms with Crippen LogP contribution >= 0.6 is 39.0 Å². The lowest BCUT2D eigenvalue weighted by Crippen LogP contribution is -2.20. The SMILES string of the molecule is CCSc1nnc(NC(=O)COc2ccccc2Br)s1. The Morgan fingerprint density at radius 1 is 1.45 bits per heavy atom. The molecule has 1 amide bonds. The molecule has 0 fully saturated rings. The summed E-state index contributed by atoms with van der Waals surface area (Å²) in [5.74, 6) is 1.29. The second-order valence-corrected chi connectivity index (χ2v) is 6.92. The van der Waals surface area contributed by atoms with E-state index in [4.69, 9.17) is 4.74 Å². The summed E-state index contributed by atoms with van der Waals surface area (Å²) in [5, 5.41) is 11.0. The number of amides is 1. The van der Waals surface area contributed by atoms with Crippen LogP contribution in [0.5, 0.6) is 5.75 Å². The Morgan fingerprint density at radius 2 is 2.25 bits per heavy atom. The Kier molecular flexibility index (Phi) is 5.81. The van der Waals surface area contributed by atoms with E-state index < -0.39 is 0 Å². The molecule has 8 heteroatoms. The number of carbonyl (C=O) groups excluding carboxylic acids is 1. The first-order valence-corrected chi connectivity index (χ1v) is 8.42. The number of aromatic nitrogens is 2. The predicted molar refractivity (Wildman–Crippen MR) is 84.6 cm³/mol. The van der Waals surface area contributed by atoms with Crippen LogP contribution in [-0.2, 0) is 4.79 Å². The second kappa shape index (κ2) is 7.61. The molecule has 0 bridgehead atoms. The molecule has 1 heterocycles. The van der Waals surface area contributed by atoms with E-state index in [1.54, 1.807) is 17.8 Å². The lowest BCUT2D eigenvalue weighted by Gasteiger charge is -2.06. The minimum absolute atomic E-state index is 0.0710. The molecule has 20 heavy (non-hydrogen) atoms. The number of rotatable bonds is 6. The minimum atomic E-state index is -0.259. The van der Waals surface area contributed by atoms with Crippen LogP contribution < -0.4 is 10.1 Å². The van der Waals surface area contributed by atoms with Gasteiger partial charge in [-0.1, -0.05) is 42.2 Å². The zero-order valence-corrected chi connectivity index (χ0v) is 13.8. The largest absolute Gasteiger partial charge is 0.483 e. The molecule has 1 N–H and O–H groups in total. The van der Waals surface area contributed by atoms with E-state index in [-0.39, 0.29) is 12.5 Å². The molecule has 0 aliphatic heterocycles. The summed E-state index contributed by atoms with van der Waals surface area (Å²) in [6, 6.07) is 7.37. The van der Waals surface area contributed by atoms with Crippen molar-refractivity contribution in [2.24, 2.45) is 0 Å². The molecule has 0 atom stereocenters. The molecule has 0 spiro atoms. The number of halogens is 1. The van der Waals surface area contributed by atoms with Crippen LogP contribution in [0.25, 0.3) is 0 Å². The van der Waals surface area contributed by atoms with Gasteiger partial charge in [-0.25, -0.2) is 0 Å². The zero-order valence-electron chi connectivity index (χ0n) is 10.6. The average molecular weight is 374 g/mol. The summed E-state index contributed by atoms with van der Waals surface area (Å²) < 4.78 is 7.07. The first-order valence-electron chi connectivity index (χ1n) is 5.82. The van der Waals surface area contributed by atoms with E-state index in [2.05, 4.69) is 31.4 Å². The predicted octanol–water partition coefficient (Wildman–Crippen LogP) is 3.43. The van der Waals surface area contributed by atoms with E-state index in [0.29, 0.717) is 10.9 Å². The monoisotopic (exact) mass is 373 g/mol. The fraction of sp³-hybridized carbons (Fsp3) is 0.250. The topological polar surface area (TPSA) is 64.1 Å². The van der Waals surface area contributed by atoms with Crippen molar-refractivity contribution in [2.75, 3.05) is 17.7 Å². The number of anilines is 1. The molecule has 0 saturated heterocycles. The molecule has 0 saturated carbocycles. The van der Waals surface area contributed by atoms with Gasteiger partial charge in [-0.2, -0.15) is 0 Å². The Balaban J connectivity index is 1.84. The van der Waals surface area contributed by atoms with Crippen molar-refractivity contribution < 1.29 is 9.53 Å². The highest BCUT2D eigenvalue weighted by Gasteiger charge is 2.09. The molecule has 2 rings (SSSR count). The Morgan fingerprint density at radius 3 is 3.00 bits per heavy atom. The lowest BCUT2D eigenvalue weighted by molar-refractivity contribution is -0.118. The third kappa shape index (κ3) is 4.46. The van der Waals surface area contributed by atoms with Crippen LogP contribution in [0.15, 0.2) is 33.1 Å². The number of carbonyl (C=O) groups is 1. The van der Waals surface area contributed by atoms with Crippen LogP contribution in [-0.4, -0.2) is 28.5 Å². The Bertz CT molecular complexity index is 592. The van der Waals surface area contributed by atoms with E-state index in [1.165, 1.54) is 11.3 Å². The Labute approximate surface area is 133 Å². The number of nitrogens with one attached hydrogen (secondary N) is 1. The molecular formula is C12H12BrN3O2S2. The maximum absolute atomic E-state index is 11.7. The van der Waals surface area contributed by atoms with Gasteiger partial charge in [-0.15, -0.1) is 10.2 Å². The summed E-state index contributed by atoms with van der Waals surface area (Å²) in [4.78, 5) is 11.7. The van der Waals surface area contributed by atoms with Crippen LogP contribution in [0, 0.1) is 0 Å². The van der Waals surface area contributed by atoms with Gasteiger partial charge in [0.1, 0.15) is 5.75 Å². The van der Waals surface area contributed by atoms with Gasteiger partial charge in [-0.3, -0.25) is 10.1 Å². The van der Waals surface area contributed by atoms with Crippen molar-refractivity contribution in [3.05, 3.63) is 28.7 Å². The fourth-order valence-corrected chi connectivity index (χ4v) is 3.37. The molecule has 106 valence electrons. The van der Waals surface area contributed by atoms with Gasteiger partial charge in [0.05, 0.1) is 4.47 Å².